The summed E-state index contributed by atoms with van der Waals surface area (Å²) in [5, 5.41) is 8.31. The van der Waals surface area contributed by atoms with Crippen molar-refractivity contribution in [1.82, 2.24) is 16.0 Å². The van der Waals surface area contributed by atoms with Crippen molar-refractivity contribution >= 4 is 23.5 Å². The number of rotatable bonds is 13. The highest BCUT2D eigenvalue weighted by Gasteiger charge is 2.50. The Balaban J connectivity index is 1.50. The standard InChI is InChI=1S/C29H35N3O7/c1-18(30-27(35)21-15-38-16-21)26(34)32-24(14-20-9-11-22(37-3)12-10-20)28(36)31-23(25(33)29(2)17-39-29)13-19-7-5-4-6-8-19/h4-12,18,21,23-24H,13-17H2,1-3H3,(H,30,35)(H,31,36)(H,32,34)/t18-,23-,24-,29+/m0/s1. The highest BCUT2D eigenvalue weighted by Crippen LogP contribution is 2.29. The number of hydrogen-bond acceptors (Lipinski definition) is 7. The minimum absolute atomic E-state index is 0.165. The molecule has 0 radical (unpaired) electrons. The molecule has 0 aromatic heterocycles. The van der Waals surface area contributed by atoms with Gasteiger partial charge >= 0.3 is 0 Å². The van der Waals surface area contributed by atoms with Crippen LogP contribution < -0.4 is 20.7 Å². The Morgan fingerprint density at radius 3 is 2.05 bits per heavy atom. The summed E-state index contributed by atoms with van der Waals surface area (Å²) in [6, 6.07) is 13.8. The van der Waals surface area contributed by atoms with E-state index in [4.69, 9.17) is 14.2 Å². The number of Topliss-reactive ketones (excluding diaryl/α,β-unsaturated/α-hetero) is 1. The summed E-state index contributed by atoms with van der Waals surface area (Å²) in [6.07, 6.45) is 0.447. The van der Waals surface area contributed by atoms with Gasteiger partial charge in [-0.15, -0.1) is 0 Å². The largest absolute Gasteiger partial charge is 0.497 e. The second-order valence-corrected chi connectivity index (χ2v) is 10.2. The lowest BCUT2D eigenvalue weighted by atomic mass is 9.94. The number of nitrogens with one attached hydrogen (secondary N) is 3. The van der Waals surface area contributed by atoms with Gasteiger partial charge in [0.15, 0.2) is 5.78 Å². The van der Waals surface area contributed by atoms with Gasteiger partial charge in [0.25, 0.3) is 0 Å². The summed E-state index contributed by atoms with van der Waals surface area (Å²) < 4.78 is 15.6. The van der Waals surface area contributed by atoms with Crippen LogP contribution in [-0.2, 0) is 41.5 Å². The first-order valence-corrected chi connectivity index (χ1v) is 13.0. The van der Waals surface area contributed by atoms with Gasteiger partial charge in [-0.05, 0) is 43.5 Å². The zero-order chi connectivity index (χ0) is 28.0. The van der Waals surface area contributed by atoms with E-state index in [9.17, 15) is 19.2 Å². The predicted octanol–water partition coefficient (Wildman–Crippen LogP) is 0.959. The molecule has 10 nitrogen and oxygen atoms in total. The quantitative estimate of drug-likeness (QED) is 0.324. The molecule has 208 valence electrons. The molecule has 2 fully saturated rings. The molecule has 10 heteroatoms. The van der Waals surface area contributed by atoms with Crippen molar-refractivity contribution in [2.45, 2.75) is 50.4 Å². The van der Waals surface area contributed by atoms with E-state index in [1.807, 2.05) is 30.3 Å². The Morgan fingerprint density at radius 1 is 0.897 bits per heavy atom. The fourth-order valence-corrected chi connectivity index (χ4v) is 4.24. The summed E-state index contributed by atoms with van der Waals surface area (Å²) in [5.41, 5.74) is 0.723. The van der Waals surface area contributed by atoms with Gasteiger partial charge in [-0.3, -0.25) is 19.2 Å². The van der Waals surface area contributed by atoms with Crippen LogP contribution in [0.2, 0.25) is 0 Å². The van der Waals surface area contributed by atoms with Gasteiger partial charge in [-0.2, -0.15) is 0 Å². The average Bonchev–Trinajstić information content (AvgIpc) is 3.65. The first-order valence-electron chi connectivity index (χ1n) is 13.0. The third-order valence-corrected chi connectivity index (χ3v) is 7.01. The van der Waals surface area contributed by atoms with Crippen molar-refractivity contribution in [2.24, 2.45) is 5.92 Å². The zero-order valence-corrected chi connectivity index (χ0v) is 22.4. The van der Waals surface area contributed by atoms with Crippen molar-refractivity contribution in [1.29, 1.82) is 0 Å². The maximum absolute atomic E-state index is 13.6. The lowest BCUT2D eigenvalue weighted by Gasteiger charge is -2.27. The number of amides is 3. The molecule has 0 spiro atoms. The number of ketones is 1. The smallest absolute Gasteiger partial charge is 0.243 e. The number of benzene rings is 2. The summed E-state index contributed by atoms with van der Waals surface area (Å²) in [7, 11) is 1.56. The van der Waals surface area contributed by atoms with Gasteiger partial charge in [0.05, 0.1) is 38.9 Å². The van der Waals surface area contributed by atoms with Crippen molar-refractivity contribution in [3.8, 4) is 5.75 Å². The van der Waals surface area contributed by atoms with E-state index in [1.165, 1.54) is 0 Å². The van der Waals surface area contributed by atoms with E-state index in [-0.39, 0.29) is 30.4 Å². The number of epoxide rings is 1. The molecular formula is C29H35N3O7. The molecule has 0 bridgehead atoms. The van der Waals surface area contributed by atoms with Crippen LogP contribution in [0.1, 0.15) is 25.0 Å². The van der Waals surface area contributed by atoms with Crippen molar-refractivity contribution in [3.05, 3.63) is 65.7 Å². The number of hydrogen-bond donors (Lipinski definition) is 3. The van der Waals surface area contributed by atoms with E-state index in [2.05, 4.69) is 16.0 Å². The summed E-state index contributed by atoms with van der Waals surface area (Å²) >= 11 is 0. The van der Waals surface area contributed by atoms with E-state index < -0.39 is 35.5 Å². The van der Waals surface area contributed by atoms with Crippen LogP contribution in [0, 0.1) is 5.92 Å². The SMILES string of the molecule is COc1ccc(C[C@H](NC(=O)[C@H](C)NC(=O)C2COC2)C(=O)N[C@@H](Cc2ccccc2)C(=O)[C@@]2(C)CO2)cc1. The number of carbonyl (C=O) groups is 4. The third-order valence-electron chi connectivity index (χ3n) is 7.01. The van der Waals surface area contributed by atoms with E-state index in [1.54, 1.807) is 45.2 Å². The predicted molar refractivity (Wildman–Crippen MR) is 142 cm³/mol. The minimum Gasteiger partial charge on any atom is -0.497 e. The van der Waals surface area contributed by atoms with Gasteiger partial charge < -0.3 is 30.2 Å². The molecule has 39 heavy (non-hydrogen) atoms. The third kappa shape index (κ3) is 7.42. The summed E-state index contributed by atoms with van der Waals surface area (Å²) in [4.78, 5) is 52.2. The average molecular weight is 538 g/mol. The molecule has 2 aliphatic heterocycles. The lowest BCUT2D eigenvalue weighted by molar-refractivity contribution is -0.142. The molecule has 3 amide bonds. The topological polar surface area (TPSA) is 135 Å². The molecule has 4 rings (SSSR count). The van der Waals surface area contributed by atoms with Crippen molar-refractivity contribution in [3.63, 3.8) is 0 Å². The Hall–Kier alpha value is -3.76. The molecule has 2 saturated heterocycles. The van der Waals surface area contributed by atoms with Gasteiger partial charge in [0, 0.05) is 6.42 Å². The van der Waals surface area contributed by atoms with Crippen LogP contribution in [0.25, 0.3) is 0 Å². The lowest BCUT2D eigenvalue weighted by Crippen LogP contribution is -2.57. The molecule has 2 aliphatic rings. The first kappa shape index (κ1) is 28.3. The second kappa shape index (κ2) is 12.4. The molecule has 0 saturated carbocycles. The van der Waals surface area contributed by atoms with Crippen molar-refractivity contribution in [2.75, 3.05) is 26.9 Å². The fraction of sp³-hybridized carbons (Fsp3) is 0.448. The molecule has 0 aliphatic carbocycles. The Morgan fingerprint density at radius 2 is 1.49 bits per heavy atom. The van der Waals surface area contributed by atoms with E-state index >= 15 is 0 Å². The normalized spacial score (nSPS) is 20.5. The van der Waals surface area contributed by atoms with Crippen LogP contribution in [0.15, 0.2) is 54.6 Å². The van der Waals surface area contributed by atoms with Gasteiger partial charge in [0.1, 0.15) is 23.4 Å². The summed E-state index contributed by atoms with van der Waals surface area (Å²) in [6.45, 7) is 4.20. The molecule has 2 heterocycles. The minimum atomic E-state index is -1.00. The number of ether oxygens (including phenoxy) is 3. The molecule has 2 aromatic rings. The molecule has 4 atom stereocenters. The monoisotopic (exact) mass is 537 g/mol. The van der Waals surface area contributed by atoms with Crippen LogP contribution in [0.5, 0.6) is 5.75 Å². The van der Waals surface area contributed by atoms with E-state index in [0.29, 0.717) is 25.6 Å². The van der Waals surface area contributed by atoms with Gasteiger partial charge in [0.2, 0.25) is 17.7 Å². The Bertz CT molecular complexity index is 1180. The second-order valence-electron chi connectivity index (χ2n) is 10.2. The highest BCUT2D eigenvalue weighted by atomic mass is 16.6. The van der Waals surface area contributed by atoms with Gasteiger partial charge in [-0.25, -0.2) is 0 Å². The van der Waals surface area contributed by atoms with Crippen LogP contribution in [0.3, 0.4) is 0 Å². The van der Waals surface area contributed by atoms with Crippen molar-refractivity contribution < 1.29 is 33.4 Å². The highest BCUT2D eigenvalue weighted by molar-refractivity contribution is 5.98. The van der Waals surface area contributed by atoms with Crippen LogP contribution in [0.4, 0.5) is 0 Å². The maximum atomic E-state index is 13.6. The van der Waals surface area contributed by atoms with E-state index in [0.717, 1.165) is 11.1 Å². The van der Waals surface area contributed by atoms with Crippen LogP contribution in [-0.4, -0.2) is 74.2 Å². The number of carbonyl (C=O) groups excluding carboxylic acids is 4. The summed E-state index contributed by atoms with van der Waals surface area (Å²) in [5.74, 6) is -1.14. The first-order chi connectivity index (χ1) is 18.7. The molecule has 3 N–H and O–H groups in total. The number of methoxy groups -OCH3 is 1. The maximum Gasteiger partial charge on any atom is 0.243 e. The zero-order valence-electron chi connectivity index (χ0n) is 22.4. The fourth-order valence-electron chi connectivity index (χ4n) is 4.24. The molecule has 0 unspecified atom stereocenters. The molecular weight excluding hydrogens is 502 g/mol. The van der Waals surface area contributed by atoms with Crippen LogP contribution >= 0.6 is 0 Å². The Labute approximate surface area is 227 Å². The Kier molecular flexibility index (Phi) is 8.98. The molecule has 2 aromatic carbocycles. The van der Waals surface area contributed by atoms with Gasteiger partial charge in [-0.1, -0.05) is 42.5 Å².